The van der Waals surface area contributed by atoms with Gasteiger partial charge in [0.15, 0.2) is 0 Å². The molecule has 1 aromatic heterocycles. The van der Waals surface area contributed by atoms with Crippen molar-refractivity contribution in [2.24, 2.45) is 0 Å². The third-order valence-electron chi connectivity index (χ3n) is 3.30. The molecule has 1 radical (unpaired) electrons. The number of ether oxygens (including phenoxy) is 1. The number of pyridine rings is 1. The van der Waals surface area contributed by atoms with Crippen molar-refractivity contribution in [2.75, 3.05) is 7.11 Å². The second-order valence-electron chi connectivity index (χ2n) is 4.81. The summed E-state index contributed by atoms with van der Waals surface area (Å²) in [5.41, 5.74) is 0.978. The summed E-state index contributed by atoms with van der Waals surface area (Å²) < 4.78 is 6.86. The summed E-state index contributed by atoms with van der Waals surface area (Å²) in [4.78, 5) is 16.1. The van der Waals surface area contributed by atoms with Crippen molar-refractivity contribution in [2.45, 2.75) is 0 Å². The second kappa shape index (κ2) is 6.61. The van der Waals surface area contributed by atoms with Crippen LogP contribution in [0.1, 0.15) is 10.4 Å². The van der Waals surface area contributed by atoms with Crippen LogP contribution < -0.4 is 13.6 Å². The van der Waals surface area contributed by atoms with Crippen LogP contribution in [-0.4, -0.2) is 38.9 Å². The van der Waals surface area contributed by atoms with Crippen molar-refractivity contribution in [3.63, 3.8) is 0 Å². The van der Waals surface area contributed by atoms with Gasteiger partial charge in [-0.25, -0.2) is 0 Å². The molecule has 0 saturated carbocycles. The Hall–Kier alpha value is -2.03. The Morgan fingerprint density at radius 1 is 1.17 bits per heavy atom. The zero-order valence-electron chi connectivity index (χ0n) is 12.2. The summed E-state index contributed by atoms with van der Waals surface area (Å²) in [6.07, 6.45) is 0. The molecule has 4 nitrogen and oxygen atoms in total. The van der Waals surface area contributed by atoms with Crippen LogP contribution in [0, 0.1) is 0 Å². The number of rotatable bonds is 4. The Morgan fingerprint density at radius 2 is 1.91 bits per heavy atom. The Morgan fingerprint density at radius 3 is 2.57 bits per heavy atom. The number of carboxylic acid groups (broad SMARTS) is 1. The fourth-order valence-corrected chi connectivity index (χ4v) is 4.33. The van der Waals surface area contributed by atoms with E-state index in [-0.39, 0.29) is 5.56 Å². The van der Waals surface area contributed by atoms with Crippen LogP contribution in [0.4, 0.5) is 0 Å². The predicted molar refractivity (Wildman–Crippen MR) is 91.7 cm³/mol. The third kappa shape index (κ3) is 3.49. The average molecular weight is 389 g/mol. The van der Waals surface area contributed by atoms with Crippen molar-refractivity contribution < 1.29 is 14.6 Å². The summed E-state index contributed by atoms with van der Waals surface area (Å²) in [5.74, 6) is -0.267. The number of hydrogen-bond donors (Lipinski definition) is 1. The number of aromatic carboxylic acids is 1. The number of nitrogens with zero attached hydrogens (tertiary/aromatic N) is 1. The SMILES string of the molecule is COc1ccc2cc(C(=O)O)c([As]c3ccc(Cl)cc3)nc2c1. The zero-order valence-corrected chi connectivity index (χ0v) is 14.8. The molecule has 0 saturated heterocycles. The average Bonchev–Trinajstić information content (AvgIpc) is 2.55. The molecule has 6 heteroatoms. The standard InChI is InChI=1S/C17H12AsClNO3/c1-23-13-7-2-10-8-14(17(21)22)16(20-15(10)9-13)18-11-3-5-12(19)6-4-11/h2-9H,1H3,(H,21,22). The Labute approximate surface area is 144 Å². The van der Waals surface area contributed by atoms with Crippen molar-refractivity contribution in [1.29, 1.82) is 0 Å². The van der Waals surface area contributed by atoms with Gasteiger partial charge in [-0.15, -0.1) is 0 Å². The maximum atomic E-state index is 11.6. The Kier molecular flexibility index (Phi) is 4.55. The van der Waals surface area contributed by atoms with Gasteiger partial charge in [0.05, 0.1) is 0 Å². The van der Waals surface area contributed by atoms with E-state index in [1.807, 2.05) is 24.3 Å². The van der Waals surface area contributed by atoms with Crippen LogP contribution in [0.25, 0.3) is 10.9 Å². The number of halogens is 1. The van der Waals surface area contributed by atoms with Gasteiger partial charge in [0, 0.05) is 0 Å². The van der Waals surface area contributed by atoms with Gasteiger partial charge in [-0.05, 0) is 0 Å². The number of hydrogen-bond acceptors (Lipinski definition) is 3. The topological polar surface area (TPSA) is 59.4 Å². The van der Waals surface area contributed by atoms with Gasteiger partial charge < -0.3 is 0 Å². The van der Waals surface area contributed by atoms with Gasteiger partial charge in [-0.2, -0.15) is 0 Å². The number of methoxy groups -OCH3 is 1. The van der Waals surface area contributed by atoms with E-state index in [0.717, 1.165) is 15.3 Å². The Balaban J connectivity index is 2.10. The molecule has 1 N–H and O–H groups in total. The van der Waals surface area contributed by atoms with Crippen molar-refractivity contribution in [1.82, 2.24) is 4.98 Å². The Bertz CT molecular complexity index is 881. The first-order valence-corrected chi connectivity index (χ1v) is 9.01. The van der Waals surface area contributed by atoms with E-state index in [9.17, 15) is 9.90 Å². The van der Waals surface area contributed by atoms with Crippen LogP contribution in [0.2, 0.25) is 5.02 Å². The van der Waals surface area contributed by atoms with E-state index in [1.165, 1.54) is 0 Å². The predicted octanol–water partition coefficient (Wildman–Crippen LogP) is 2.25. The molecular formula is C17H12AsClNO3. The molecule has 1 heterocycles. The van der Waals surface area contributed by atoms with Gasteiger partial charge in [0.1, 0.15) is 0 Å². The monoisotopic (exact) mass is 388 g/mol. The van der Waals surface area contributed by atoms with E-state index in [1.54, 1.807) is 31.4 Å². The van der Waals surface area contributed by atoms with Gasteiger partial charge in [-0.3, -0.25) is 0 Å². The molecule has 3 aromatic rings. The van der Waals surface area contributed by atoms with E-state index in [0.29, 0.717) is 15.3 Å². The van der Waals surface area contributed by atoms with E-state index in [2.05, 4.69) is 4.98 Å². The summed E-state index contributed by atoms with van der Waals surface area (Å²) in [6.45, 7) is 0. The molecule has 0 unspecified atom stereocenters. The minimum atomic E-state index is -0.963. The van der Waals surface area contributed by atoms with Crippen molar-refractivity contribution in [3.05, 3.63) is 59.1 Å². The van der Waals surface area contributed by atoms with Gasteiger partial charge >= 0.3 is 145 Å². The molecule has 0 fully saturated rings. The number of carbonyl (C=O) groups is 1. The molecule has 23 heavy (non-hydrogen) atoms. The van der Waals surface area contributed by atoms with Crippen LogP contribution >= 0.6 is 11.6 Å². The summed E-state index contributed by atoms with van der Waals surface area (Å²) in [5, 5.41) is 10.9. The second-order valence-corrected chi connectivity index (χ2v) is 7.69. The molecule has 0 aliphatic heterocycles. The summed E-state index contributed by atoms with van der Waals surface area (Å²) in [6, 6.07) is 14.5. The summed E-state index contributed by atoms with van der Waals surface area (Å²) in [7, 11) is 1.59. The van der Waals surface area contributed by atoms with E-state index >= 15 is 0 Å². The zero-order chi connectivity index (χ0) is 16.4. The normalized spacial score (nSPS) is 11.2. The number of aromatic nitrogens is 1. The van der Waals surface area contributed by atoms with Gasteiger partial charge in [0.25, 0.3) is 0 Å². The molecule has 0 spiro atoms. The maximum absolute atomic E-state index is 11.6. The fourth-order valence-electron chi connectivity index (χ4n) is 2.14. The van der Waals surface area contributed by atoms with Crippen molar-refractivity contribution in [3.8, 4) is 5.75 Å². The van der Waals surface area contributed by atoms with Crippen molar-refractivity contribution >= 4 is 53.1 Å². The quantitative estimate of drug-likeness (QED) is 0.697. The van der Waals surface area contributed by atoms with E-state index < -0.39 is 21.7 Å². The molecule has 0 aliphatic carbocycles. The molecule has 3 rings (SSSR count). The first kappa shape index (κ1) is 15.8. The fraction of sp³-hybridized carbons (Fsp3) is 0.0588. The number of benzene rings is 2. The molecule has 0 bridgehead atoms. The van der Waals surface area contributed by atoms with E-state index in [4.69, 9.17) is 16.3 Å². The van der Waals surface area contributed by atoms with Crippen LogP contribution in [-0.2, 0) is 0 Å². The molecule has 0 amide bonds. The van der Waals surface area contributed by atoms with Crippen LogP contribution in [0.5, 0.6) is 5.75 Å². The molecule has 0 aliphatic rings. The summed E-state index contributed by atoms with van der Waals surface area (Å²) >= 11 is 5.34. The number of carboxylic acids is 1. The molecular weight excluding hydrogens is 377 g/mol. The first-order valence-electron chi connectivity index (χ1n) is 6.76. The van der Waals surface area contributed by atoms with Gasteiger partial charge in [0.2, 0.25) is 0 Å². The molecule has 2 aromatic carbocycles. The molecule has 115 valence electrons. The van der Waals surface area contributed by atoms with Crippen LogP contribution in [0.3, 0.4) is 0 Å². The third-order valence-corrected chi connectivity index (χ3v) is 5.88. The molecule has 0 atom stereocenters. The van der Waals surface area contributed by atoms with Crippen LogP contribution in [0.15, 0.2) is 48.5 Å². The number of fused-ring (bicyclic) bond motifs is 1. The minimum absolute atomic E-state index is 0.248. The van der Waals surface area contributed by atoms with Gasteiger partial charge in [-0.1, -0.05) is 0 Å². The first-order chi connectivity index (χ1) is 11.1.